The Balaban J connectivity index is 1.52. The van der Waals surface area contributed by atoms with Crippen LogP contribution in [0.1, 0.15) is 21.1 Å². The molecular weight excluding hydrogens is 334 g/mol. The van der Waals surface area contributed by atoms with Crippen molar-refractivity contribution in [3.63, 3.8) is 0 Å². The van der Waals surface area contributed by atoms with Gasteiger partial charge in [0.25, 0.3) is 0 Å². The maximum Gasteiger partial charge on any atom is 0.191 e. The SMILES string of the molecule is CN=C(NCc1ccc(-n2cncn2)cc1)NCc1nc(C)c(C)s1. The minimum atomic E-state index is 0.671. The fourth-order valence-corrected chi connectivity index (χ4v) is 3.16. The molecule has 0 unspecified atom stereocenters. The summed E-state index contributed by atoms with van der Waals surface area (Å²) in [5, 5.41) is 11.8. The highest BCUT2D eigenvalue weighted by atomic mass is 32.1. The topological polar surface area (TPSA) is 80.0 Å². The first kappa shape index (κ1) is 17.1. The van der Waals surface area contributed by atoms with Gasteiger partial charge in [0.2, 0.25) is 0 Å². The summed E-state index contributed by atoms with van der Waals surface area (Å²) < 4.78 is 1.73. The number of hydrogen-bond donors (Lipinski definition) is 2. The van der Waals surface area contributed by atoms with Gasteiger partial charge in [0, 0.05) is 18.5 Å². The molecule has 2 aromatic heterocycles. The van der Waals surface area contributed by atoms with Gasteiger partial charge in [-0.25, -0.2) is 14.6 Å². The van der Waals surface area contributed by atoms with E-state index >= 15 is 0 Å². The van der Waals surface area contributed by atoms with E-state index in [4.69, 9.17) is 0 Å². The summed E-state index contributed by atoms with van der Waals surface area (Å²) in [7, 11) is 1.77. The smallest absolute Gasteiger partial charge is 0.191 e. The van der Waals surface area contributed by atoms with Gasteiger partial charge >= 0.3 is 0 Å². The van der Waals surface area contributed by atoms with Crippen molar-refractivity contribution in [1.29, 1.82) is 0 Å². The van der Waals surface area contributed by atoms with E-state index in [1.165, 1.54) is 11.2 Å². The van der Waals surface area contributed by atoms with Gasteiger partial charge in [-0.2, -0.15) is 5.10 Å². The van der Waals surface area contributed by atoms with Gasteiger partial charge in [0.1, 0.15) is 17.7 Å². The molecule has 1 aromatic carbocycles. The van der Waals surface area contributed by atoms with Crippen molar-refractivity contribution >= 4 is 17.3 Å². The molecule has 2 N–H and O–H groups in total. The summed E-state index contributed by atoms with van der Waals surface area (Å²) in [4.78, 5) is 14.0. The lowest BCUT2D eigenvalue weighted by Gasteiger charge is -2.11. The second-order valence-electron chi connectivity index (χ2n) is 5.54. The predicted octanol–water partition coefficient (Wildman–Crippen LogP) is 2.21. The third kappa shape index (κ3) is 4.42. The van der Waals surface area contributed by atoms with Gasteiger partial charge in [-0.1, -0.05) is 12.1 Å². The number of thiazole rings is 1. The third-order valence-electron chi connectivity index (χ3n) is 3.78. The van der Waals surface area contributed by atoms with Crippen LogP contribution in [0, 0.1) is 13.8 Å². The summed E-state index contributed by atoms with van der Waals surface area (Å²) in [6.45, 7) is 5.48. The summed E-state index contributed by atoms with van der Waals surface area (Å²) >= 11 is 1.71. The molecule has 3 rings (SSSR count). The van der Waals surface area contributed by atoms with Crippen molar-refractivity contribution in [3.05, 3.63) is 58.1 Å². The molecule has 0 radical (unpaired) electrons. The first-order valence-electron chi connectivity index (χ1n) is 7.97. The van der Waals surface area contributed by atoms with Gasteiger partial charge in [-0.3, -0.25) is 4.99 Å². The van der Waals surface area contributed by atoms with Crippen LogP contribution in [0.3, 0.4) is 0 Å². The van der Waals surface area contributed by atoms with Gasteiger partial charge in [0.15, 0.2) is 5.96 Å². The highest BCUT2D eigenvalue weighted by molar-refractivity contribution is 7.11. The molecule has 0 aliphatic rings. The summed E-state index contributed by atoms with van der Waals surface area (Å²) in [6.07, 6.45) is 3.21. The van der Waals surface area contributed by atoms with E-state index in [1.807, 2.05) is 19.1 Å². The monoisotopic (exact) mass is 355 g/mol. The van der Waals surface area contributed by atoms with Crippen LogP contribution in [0.5, 0.6) is 0 Å². The molecule has 0 fully saturated rings. The van der Waals surface area contributed by atoms with Gasteiger partial charge in [0.05, 0.1) is 17.9 Å². The number of aliphatic imine (C=N–C) groups is 1. The second-order valence-corrected chi connectivity index (χ2v) is 6.82. The Hall–Kier alpha value is -2.74. The molecule has 0 aliphatic carbocycles. The van der Waals surface area contributed by atoms with Gasteiger partial charge < -0.3 is 10.6 Å². The second kappa shape index (κ2) is 7.89. The molecule has 0 atom stereocenters. The molecule has 0 bridgehead atoms. The fraction of sp³-hybridized carbons (Fsp3) is 0.294. The van der Waals surface area contributed by atoms with Crippen LogP contribution in [0.2, 0.25) is 0 Å². The van der Waals surface area contributed by atoms with Crippen LogP contribution in [0.4, 0.5) is 0 Å². The molecule has 2 heterocycles. The largest absolute Gasteiger partial charge is 0.352 e. The number of aryl methyl sites for hydroxylation is 2. The van der Waals surface area contributed by atoms with Crippen LogP contribution >= 0.6 is 11.3 Å². The molecule has 0 spiro atoms. The number of hydrogen-bond acceptors (Lipinski definition) is 5. The zero-order chi connectivity index (χ0) is 17.6. The maximum atomic E-state index is 4.53. The highest BCUT2D eigenvalue weighted by Gasteiger charge is 2.05. The molecule has 3 aromatic rings. The van der Waals surface area contributed by atoms with E-state index in [9.17, 15) is 0 Å². The Bertz CT molecular complexity index is 815. The first-order valence-corrected chi connectivity index (χ1v) is 8.78. The number of benzene rings is 1. The van der Waals surface area contributed by atoms with Gasteiger partial charge in [-0.05, 0) is 31.5 Å². The highest BCUT2D eigenvalue weighted by Crippen LogP contribution is 2.15. The van der Waals surface area contributed by atoms with E-state index in [1.54, 1.807) is 29.4 Å². The first-order chi connectivity index (χ1) is 12.2. The van der Waals surface area contributed by atoms with Crippen molar-refractivity contribution in [3.8, 4) is 5.69 Å². The lowest BCUT2D eigenvalue weighted by Crippen LogP contribution is -2.36. The minimum Gasteiger partial charge on any atom is -0.352 e. The molecule has 0 saturated carbocycles. The van der Waals surface area contributed by atoms with Crippen molar-refractivity contribution < 1.29 is 0 Å². The number of guanidine groups is 1. The lowest BCUT2D eigenvalue weighted by molar-refractivity contribution is 0.802. The Labute approximate surface area is 150 Å². The van der Waals surface area contributed by atoms with Crippen molar-refractivity contribution in [2.75, 3.05) is 7.05 Å². The average Bonchev–Trinajstić information content (AvgIpc) is 3.26. The van der Waals surface area contributed by atoms with E-state index in [-0.39, 0.29) is 0 Å². The van der Waals surface area contributed by atoms with Crippen molar-refractivity contribution in [2.24, 2.45) is 4.99 Å². The molecule has 0 aliphatic heterocycles. The standard InChI is InChI=1S/C17H21N7S/c1-12-13(2)25-16(23-12)9-21-17(18-3)20-8-14-4-6-15(7-5-14)24-11-19-10-22-24/h4-7,10-11H,8-9H2,1-3H3,(H2,18,20,21). The predicted molar refractivity (Wildman–Crippen MR) is 100.0 cm³/mol. The molecule has 25 heavy (non-hydrogen) atoms. The fourth-order valence-electron chi connectivity index (χ4n) is 2.29. The Kier molecular flexibility index (Phi) is 5.39. The minimum absolute atomic E-state index is 0.671. The van der Waals surface area contributed by atoms with Gasteiger partial charge in [-0.15, -0.1) is 11.3 Å². The Morgan fingerprint density at radius 3 is 2.52 bits per heavy atom. The number of nitrogens with one attached hydrogen (secondary N) is 2. The molecule has 0 amide bonds. The van der Waals surface area contributed by atoms with E-state index in [0.29, 0.717) is 13.1 Å². The normalized spacial score (nSPS) is 11.6. The zero-order valence-corrected chi connectivity index (χ0v) is 15.3. The van der Waals surface area contributed by atoms with E-state index in [0.717, 1.165) is 27.9 Å². The Morgan fingerprint density at radius 2 is 1.92 bits per heavy atom. The lowest BCUT2D eigenvalue weighted by atomic mass is 10.2. The zero-order valence-electron chi connectivity index (χ0n) is 14.5. The average molecular weight is 355 g/mol. The number of aromatic nitrogens is 4. The molecule has 0 saturated heterocycles. The van der Waals surface area contributed by atoms with E-state index < -0.39 is 0 Å². The van der Waals surface area contributed by atoms with Crippen LogP contribution in [-0.2, 0) is 13.1 Å². The van der Waals surface area contributed by atoms with E-state index in [2.05, 4.69) is 49.7 Å². The summed E-state index contributed by atoms with van der Waals surface area (Å²) in [6, 6.07) is 8.15. The molecule has 130 valence electrons. The summed E-state index contributed by atoms with van der Waals surface area (Å²) in [5.41, 5.74) is 3.24. The maximum absolute atomic E-state index is 4.53. The van der Waals surface area contributed by atoms with Crippen LogP contribution in [0.25, 0.3) is 5.69 Å². The van der Waals surface area contributed by atoms with Crippen LogP contribution < -0.4 is 10.6 Å². The Morgan fingerprint density at radius 1 is 1.16 bits per heavy atom. The van der Waals surface area contributed by atoms with Crippen molar-refractivity contribution in [1.82, 2.24) is 30.4 Å². The van der Waals surface area contributed by atoms with Crippen molar-refractivity contribution in [2.45, 2.75) is 26.9 Å². The summed E-state index contributed by atoms with van der Waals surface area (Å²) in [5.74, 6) is 0.755. The molecule has 8 heteroatoms. The molecule has 7 nitrogen and oxygen atoms in total. The third-order valence-corrected chi connectivity index (χ3v) is 4.86. The quantitative estimate of drug-likeness (QED) is 0.542. The van der Waals surface area contributed by atoms with Crippen LogP contribution in [-0.4, -0.2) is 32.8 Å². The number of rotatable bonds is 5. The molecular formula is C17H21N7S. The number of nitrogens with zero attached hydrogens (tertiary/aromatic N) is 5. The van der Waals surface area contributed by atoms with Crippen LogP contribution in [0.15, 0.2) is 41.9 Å².